The monoisotopic (exact) mass is 293 g/mol. The van der Waals surface area contributed by atoms with Crippen molar-refractivity contribution in [2.75, 3.05) is 6.61 Å². The first kappa shape index (κ1) is 14.1. The SMILES string of the molecule is Cc1cccc(-c2cn(C3CC(CO)C3)nc2C(F)F)n1. The highest BCUT2D eigenvalue weighted by Gasteiger charge is 2.32. The Bertz CT molecular complexity index is 636. The quantitative estimate of drug-likeness (QED) is 0.942. The minimum absolute atomic E-state index is 0.0956. The van der Waals surface area contributed by atoms with Gasteiger partial charge < -0.3 is 5.11 Å². The molecule has 2 aromatic heterocycles. The van der Waals surface area contributed by atoms with Crippen molar-refractivity contribution in [3.05, 3.63) is 35.8 Å². The minimum atomic E-state index is -2.63. The van der Waals surface area contributed by atoms with E-state index in [9.17, 15) is 8.78 Å². The Morgan fingerprint density at radius 3 is 2.76 bits per heavy atom. The molecule has 0 atom stereocenters. The van der Waals surface area contributed by atoms with Gasteiger partial charge in [-0.2, -0.15) is 5.10 Å². The Balaban J connectivity index is 1.94. The molecule has 0 bridgehead atoms. The third-order valence-corrected chi connectivity index (χ3v) is 3.97. The van der Waals surface area contributed by atoms with Crippen LogP contribution in [0.1, 0.15) is 36.7 Å². The van der Waals surface area contributed by atoms with Gasteiger partial charge in [0.1, 0.15) is 5.69 Å². The molecule has 21 heavy (non-hydrogen) atoms. The summed E-state index contributed by atoms with van der Waals surface area (Å²) in [5.41, 5.74) is 1.47. The van der Waals surface area contributed by atoms with Gasteiger partial charge in [-0.1, -0.05) is 6.07 Å². The Morgan fingerprint density at radius 1 is 1.38 bits per heavy atom. The van der Waals surface area contributed by atoms with Crippen molar-refractivity contribution in [3.63, 3.8) is 0 Å². The summed E-state index contributed by atoms with van der Waals surface area (Å²) >= 11 is 0. The molecule has 0 saturated heterocycles. The van der Waals surface area contributed by atoms with Gasteiger partial charge in [-0.05, 0) is 37.8 Å². The summed E-state index contributed by atoms with van der Waals surface area (Å²) in [5.74, 6) is 0.259. The van der Waals surface area contributed by atoms with Crippen LogP contribution in [-0.4, -0.2) is 26.5 Å². The van der Waals surface area contributed by atoms with E-state index in [0.29, 0.717) is 11.3 Å². The van der Waals surface area contributed by atoms with E-state index >= 15 is 0 Å². The molecule has 112 valence electrons. The van der Waals surface area contributed by atoms with Gasteiger partial charge in [0.05, 0.1) is 11.7 Å². The third-order valence-electron chi connectivity index (χ3n) is 3.97. The van der Waals surface area contributed by atoms with Gasteiger partial charge >= 0.3 is 0 Å². The zero-order chi connectivity index (χ0) is 15.0. The number of alkyl halides is 2. The van der Waals surface area contributed by atoms with Crippen molar-refractivity contribution in [1.29, 1.82) is 0 Å². The van der Waals surface area contributed by atoms with Crippen LogP contribution in [-0.2, 0) is 0 Å². The molecule has 0 radical (unpaired) electrons. The van der Waals surface area contributed by atoms with Crippen LogP contribution in [0.5, 0.6) is 0 Å². The molecular weight excluding hydrogens is 276 g/mol. The molecule has 0 unspecified atom stereocenters. The Hall–Kier alpha value is -1.82. The summed E-state index contributed by atoms with van der Waals surface area (Å²) in [6, 6.07) is 5.44. The smallest absolute Gasteiger partial charge is 0.282 e. The highest BCUT2D eigenvalue weighted by Crippen LogP contribution is 2.39. The molecule has 0 amide bonds. The van der Waals surface area contributed by atoms with E-state index in [4.69, 9.17) is 5.11 Å². The lowest BCUT2D eigenvalue weighted by atomic mass is 9.81. The van der Waals surface area contributed by atoms with Crippen molar-refractivity contribution in [2.24, 2.45) is 5.92 Å². The van der Waals surface area contributed by atoms with Crippen molar-refractivity contribution in [3.8, 4) is 11.3 Å². The highest BCUT2D eigenvalue weighted by atomic mass is 19.3. The predicted molar refractivity (Wildman–Crippen MR) is 74.0 cm³/mol. The number of hydrogen-bond donors (Lipinski definition) is 1. The van der Waals surface area contributed by atoms with E-state index in [1.54, 1.807) is 23.0 Å². The number of pyridine rings is 1. The Labute approximate surface area is 121 Å². The molecule has 1 saturated carbocycles. The van der Waals surface area contributed by atoms with E-state index < -0.39 is 6.43 Å². The van der Waals surface area contributed by atoms with E-state index in [0.717, 1.165) is 18.5 Å². The van der Waals surface area contributed by atoms with Crippen LogP contribution >= 0.6 is 0 Å². The van der Waals surface area contributed by atoms with E-state index in [1.165, 1.54) is 0 Å². The fourth-order valence-electron chi connectivity index (χ4n) is 2.71. The maximum atomic E-state index is 13.2. The van der Waals surface area contributed by atoms with Gasteiger partial charge in [0.2, 0.25) is 0 Å². The fraction of sp³-hybridized carbons (Fsp3) is 0.467. The second-order valence-electron chi connectivity index (χ2n) is 5.55. The van der Waals surface area contributed by atoms with Gasteiger partial charge in [-0.15, -0.1) is 0 Å². The molecule has 1 fully saturated rings. The third kappa shape index (κ3) is 2.68. The van der Waals surface area contributed by atoms with Crippen LogP contribution in [0.4, 0.5) is 8.78 Å². The number of halogens is 2. The van der Waals surface area contributed by atoms with Gasteiger partial charge in [0.15, 0.2) is 0 Å². The van der Waals surface area contributed by atoms with Crippen LogP contribution in [0.2, 0.25) is 0 Å². The largest absolute Gasteiger partial charge is 0.396 e. The molecule has 0 aromatic carbocycles. The number of rotatable bonds is 4. The van der Waals surface area contributed by atoms with Crippen LogP contribution in [0.25, 0.3) is 11.3 Å². The fourth-order valence-corrected chi connectivity index (χ4v) is 2.71. The lowest BCUT2D eigenvalue weighted by Crippen LogP contribution is -2.29. The van der Waals surface area contributed by atoms with E-state index in [1.807, 2.05) is 13.0 Å². The van der Waals surface area contributed by atoms with Gasteiger partial charge in [-0.3, -0.25) is 9.67 Å². The zero-order valence-electron chi connectivity index (χ0n) is 11.7. The molecule has 1 aliphatic rings. The normalized spacial score (nSPS) is 21.6. The molecule has 1 aliphatic carbocycles. The lowest BCUT2D eigenvalue weighted by Gasteiger charge is -2.34. The van der Waals surface area contributed by atoms with E-state index in [-0.39, 0.29) is 24.3 Å². The van der Waals surface area contributed by atoms with Crippen molar-refractivity contribution in [2.45, 2.75) is 32.2 Å². The molecule has 1 N–H and O–H groups in total. The second-order valence-corrected chi connectivity index (χ2v) is 5.55. The number of aliphatic hydroxyl groups is 1. The number of aliphatic hydroxyl groups excluding tert-OH is 1. The first-order valence-electron chi connectivity index (χ1n) is 7.00. The summed E-state index contributed by atoms with van der Waals surface area (Å²) in [6.45, 7) is 1.97. The maximum Gasteiger partial charge on any atom is 0.282 e. The van der Waals surface area contributed by atoms with Gasteiger partial charge in [0, 0.05) is 24.1 Å². The standard InChI is InChI=1S/C15H17F2N3O/c1-9-3-2-4-13(18-9)12-7-20(19-14(12)15(16)17)11-5-10(6-11)8-21/h2-4,7,10-11,15,21H,5-6,8H2,1H3. The summed E-state index contributed by atoms with van der Waals surface area (Å²) in [6.07, 6.45) is 0.585. The summed E-state index contributed by atoms with van der Waals surface area (Å²) in [5, 5.41) is 13.1. The number of hydrogen-bond acceptors (Lipinski definition) is 3. The second kappa shape index (κ2) is 5.52. The van der Waals surface area contributed by atoms with Crippen molar-refractivity contribution >= 4 is 0 Å². The number of aromatic nitrogens is 3. The molecular formula is C15H17F2N3O. The molecule has 0 aliphatic heterocycles. The predicted octanol–water partition coefficient (Wildman–Crippen LogP) is 3.13. The zero-order valence-corrected chi connectivity index (χ0v) is 11.7. The summed E-state index contributed by atoms with van der Waals surface area (Å²) < 4.78 is 28.0. The molecule has 2 heterocycles. The Morgan fingerprint density at radius 2 is 2.14 bits per heavy atom. The first-order chi connectivity index (χ1) is 10.1. The summed E-state index contributed by atoms with van der Waals surface area (Å²) in [7, 11) is 0. The van der Waals surface area contributed by atoms with Crippen molar-refractivity contribution in [1.82, 2.24) is 14.8 Å². The molecule has 2 aromatic rings. The summed E-state index contributed by atoms with van der Waals surface area (Å²) in [4.78, 5) is 4.31. The van der Waals surface area contributed by atoms with Crippen LogP contribution in [0.15, 0.2) is 24.4 Å². The molecule has 3 rings (SSSR count). The molecule has 0 spiro atoms. The first-order valence-corrected chi connectivity index (χ1v) is 7.00. The van der Waals surface area contributed by atoms with Gasteiger partial charge in [-0.25, -0.2) is 8.78 Å². The van der Waals surface area contributed by atoms with Crippen LogP contribution in [0.3, 0.4) is 0 Å². The minimum Gasteiger partial charge on any atom is -0.396 e. The molecule has 4 nitrogen and oxygen atoms in total. The number of aryl methyl sites for hydroxylation is 1. The molecule has 6 heteroatoms. The highest BCUT2D eigenvalue weighted by molar-refractivity contribution is 5.61. The average Bonchev–Trinajstić information content (AvgIpc) is 2.82. The maximum absolute atomic E-state index is 13.2. The topological polar surface area (TPSA) is 50.9 Å². The van der Waals surface area contributed by atoms with Crippen LogP contribution in [0, 0.1) is 12.8 Å². The Kier molecular flexibility index (Phi) is 3.71. The average molecular weight is 293 g/mol. The van der Waals surface area contributed by atoms with Gasteiger partial charge in [0.25, 0.3) is 6.43 Å². The number of nitrogens with zero attached hydrogens (tertiary/aromatic N) is 3. The van der Waals surface area contributed by atoms with Crippen molar-refractivity contribution < 1.29 is 13.9 Å². The van der Waals surface area contributed by atoms with Crippen LogP contribution < -0.4 is 0 Å². The lowest BCUT2D eigenvalue weighted by molar-refractivity contribution is 0.102. The van der Waals surface area contributed by atoms with E-state index in [2.05, 4.69) is 10.1 Å².